The van der Waals surface area contributed by atoms with E-state index in [-0.39, 0.29) is 24.5 Å². The van der Waals surface area contributed by atoms with Gasteiger partial charge < -0.3 is 10.0 Å². The first-order valence-corrected chi connectivity index (χ1v) is 6.59. The van der Waals surface area contributed by atoms with E-state index in [1.54, 1.807) is 0 Å². The van der Waals surface area contributed by atoms with E-state index in [9.17, 15) is 22.0 Å². The van der Waals surface area contributed by atoms with Crippen LogP contribution in [0.3, 0.4) is 0 Å². The third-order valence-corrected chi connectivity index (χ3v) is 4.21. The van der Waals surface area contributed by atoms with E-state index in [0.717, 1.165) is 4.90 Å². The van der Waals surface area contributed by atoms with Crippen molar-refractivity contribution in [1.29, 1.82) is 0 Å². The minimum Gasteiger partial charge on any atom is -0.395 e. The summed E-state index contributed by atoms with van der Waals surface area (Å²) in [5.41, 5.74) is 0. The zero-order valence-electron chi connectivity index (χ0n) is 8.47. The first-order valence-electron chi connectivity index (χ1n) is 4.77. The maximum absolute atomic E-state index is 12.2. The Kier molecular flexibility index (Phi) is 4.20. The molecule has 16 heavy (non-hydrogen) atoms. The molecule has 0 spiro atoms. The van der Waals surface area contributed by atoms with Gasteiger partial charge in [0.1, 0.15) is 0 Å². The predicted molar refractivity (Wildman–Crippen MR) is 51.9 cm³/mol. The van der Waals surface area contributed by atoms with Crippen molar-refractivity contribution < 1.29 is 27.1 Å². The molecule has 8 heteroatoms. The standard InChI is InChI=1S/C8H13F2NO4S/c9-7(10)8(13)11(2-3-12)6-1-4-16(14,15)5-6/h6-7,12H,1-5H2. The van der Waals surface area contributed by atoms with Gasteiger partial charge in [-0.15, -0.1) is 0 Å². The van der Waals surface area contributed by atoms with Crippen molar-refractivity contribution in [2.45, 2.75) is 18.9 Å². The second-order valence-corrected chi connectivity index (χ2v) is 5.84. The van der Waals surface area contributed by atoms with Crippen LogP contribution in [-0.4, -0.2) is 61.5 Å². The number of carbonyl (C=O) groups is 1. The Labute approximate surface area is 92.0 Å². The number of aliphatic hydroxyl groups is 1. The fraction of sp³-hybridized carbons (Fsp3) is 0.875. The van der Waals surface area contributed by atoms with Crippen molar-refractivity contribution in [3.05, 3.63) is 0 Å². The Bertz CT molecular complexity index is 357. The highest BCUT2D eigenvalue weighted by Crippen LogP contribution is 2.19. The normalized spacial score (nSPS) is 23.6. The molecule has 94 valence electrons. The molecule has 1 atom stereocenters. The van der Waals surface area contributed by atoms with Crippen LogP contribution in [-0.2, 0) is 14.6 Å². The summed E-state index contributed by atoms with van der Waals surface area (Å²) < 4.78 is 46.8. The number of amides is 1. The van der Waals surface area contributed by atoms with Gasteiger partial charge in [-0.2, -0.15) is 8.78 Å². The van der Waals surface area contributed by atoms with E-state index in [4.69, 9.17) is 5.11 Å². The molecular formula is C8H13F2NO4S. The molecule has 1 aliphatic heterocycles. The Morgan fingerprint density at radius 1 is 1.50 bits per heavy atom. The lowest BCUT2D eigenvalue weighted by atomic mass is 10.2. The summed E-state index contributed by atoms with van der Waals surface area (Å²) in [5, 5.41) is 8.67. The number of hydrogen-bond donors (Lipinski definition) is 1. The summed E-state index contributed by atoms with van der Waals surface area (Å²) in [6, 6.07) is -0.737. The van der Waals surface area contributed by atoms with Crippen molar-refractivity contribution >= 4 is 15.7 Å². The zero-order chi connectivity index (χ0) is 12.3. The van der Waals surface area contributed by atoms with Gasteiger partial charge in [0, 0.05) is 12.6 Å². The minimum atomic E-state index is -3.24. The zero-order valence-corrected chi connectivity index (χ0v) is 9.29. The summed E-state index contributed by atoms with van der Waals surface area (Å²) in [4.78, 5) is 11.9. The molecule has 1 heterocycles. The van der Waals surface area contributed by atoms with Crippen LogP contribution >= 0.6 is 0 Å². The van der Waals surface area contributed by atoms with Crippen LogP contribution in [0.2, 0.25) is 0 Å². The Morgan fingerprint density at radius 3 is 2.50 bits per heavy atom. The highest BCUT2D eigenvalue weighted by molar-refractivity contribution is 7.91. The van der Waals surface area contributed by atoms with Gasteiger partial charge in [0.05, 0.1) is 18.1 Å². The minimum absolute atomic E-state index is 0.101. The molecule has 0 aliphatic carbocycles. The van der Waals surface area contributed by atoms with E-state index >= 15 is 0 Å². The van der Waals surface area contributed by atoms with E-state index in [2.05, 4.69) is 0 Å². The summed E-state index contributed by atoms with van der Waals surface area (Å²) >= 11 is 0. The number of carbonyl (C=O) groups excluding carboxylic acids is 1. The van der Waals surface area contributed by atoms with Gasteiger partial charge in [-0.1, -0.05) is 0 Å². The smallest absolute Gasteiger partial charge is 0.315 e. The molecule has 5 nitrogen and oxygen atoms in total. The van der Waals surface area contributed by atoms with Crippen molar-refractivity contribution in [3.8, 4) is 0 Å². The Balaban J connectivity index is 2.75. The number of hydrogen-bond acceptors (Lipinski definition) is 4. The summed E-state index contributed by atoms with van der Waals surface area (Å²) in [6.45, 7) is -0.724. The second kappa shape index (κ2) is 5.05. The third kappa shape index (κ3) is 3.11. The number of aliphatic hydroxyl groups excluding tert-OH is 1. The average molecular weight is 257 g/mol. The van der Waals surface area contributed by atoms with Gasteiger partial charge in [-0.05, 0) is 6.42 Å². The molecule has 1 N–H and O–H groups in total. The van der Waals surface area contributed by atoms with Crippen LogP contribution in [0.4, 0.5) is 8.78 Å². The van der Waals surface area contributed by atoms with E-state index < -0.39 is 34.8 Å². The summed E-state index contributed by atoms with van der Waals surface area (Å²) in [7, 11) is -3.24. The average Bonchev–Trinajstić information content (AvgIpc) is 2.54. The monoisotopic (exact) mass is 257 g/mol. The van der Waals surface area contributed by atoms with Gasteiger partial charge in [-0.25, -0.2) is 8.42 Å². The number of alkyl halides is 2. The maximum Gasteiger partial charge on any atom is 0.315 e. The SMILES string of the molecule is O=C(C(F)F)N(CCO)C1CCS(=O)(=O)C1. The molecule has 0 aromatic rings. The number of sulfone groups is 1. The quantitative estimate of drug-likeness (QED) is 0.720. The van der Waals surface area contributed by atoms with Gasteiger partial charge in [0.25, 0.3) is 5.91 Å². The van der Waals surface area contributed by atoms with Crippen molar-refractivity contribution in [1.82, 2.24) is 4.90 Å². The fourth-order valence-electron chi connectivity index (χ4n) is 1.73. The lowest BCUT2D eigenvalue weighted by Crippen LogP contribution is -2.45. The fourth-order valence-corrected chi connectivity index (χ4v) is 3.46. The van der Waals surface area contributed by atoms with Crippen LogP contribution in [0, 0.1) is 0 Å². The Morgan fingerprint density at radius 2 is 2.12 bits per heavy atom. The van der Waals surface area contributed by atoms with Crippen LogP contribution in [0.1, 0.15) is 6.42 Å². The first-order chi connectivity index (χ1) is 7.37. The topological polar surface area (TPSA) is 74.7 Å². The van der Waals surface area contributed by atoms with Crippen LogP contribution in [0.5, 0.6) is 0 Å². The van der Waals surface area contributed by atoms with Crippen LogP contribution in [0.25, 0.3) is 0 Å². The molecular weight excluding hydrogens is 244 g/mol. The summed E-state index contributed by atoms with van der Waals surface area (Å²) in [5.74, 6) is -1.82. The number of halogens is 2. The lowest BCUT2D eigenvalue weighted by molar-refractivity contribution is -0.145. The van der Waals surface area contributed by atoms with E-state index in [1.807, 2.05) is 0 Å². The highest BCUT2D eigenvalue weighted by atomic mass is 32.2. The molecule has 0 saturated carbocycles. The number of nitrogens with zero attached hydrogens (tertiary/aromatic N) is 1. The highest BCUT2D eigenvalue weighted by Gasteiger charge is 2.36. The molecule has 0 aromatic heterocycles. The van der Waals surface area contributed by atoms with E-state index in [0.29, 0.717) is 0 Å². The molecule has 0 bridgehead atoms. The molecule has 1 unspecified atom stereocenters. The van der Waals surface area contributed by atoms with E-state index in [1.165, 1.54) is 0 Å². The molecule has 1 fully saturated rings. The number of rotatable bonds is 4. The predicted octanol–water partition coefficient (Wildman–Crippen LogP) is -0.740. The Hall–Kier alpha value is -0.760. The van der Waals surface area contributed by atoms with Gasteiger partial charge in [-0.3, -0.25) is 4.79 Å². The van der Waals surface area contributed by atoms with Crippen LogP contribution in [0.15, 0.2) is 0 Å². The van der Waals surface area contributed by atoms with Crippen molar-refractivity contribution in [2.24, 2.45) is 0 Å². The molecule has 1 saturated heterocycles. The largest absolute Gasteiger partial charge is 0.395 e. The van der Waals surface area contributed by atoms with Gasteiger partial charge in [0.2, 0.25) is 0 Å². The van der Waals surface area contributed by atoms with Crippen LogP contribution < -0.4 is 0 Å². The van der Waals surface area contributed by atoms with Crippen molar-refractivity contribution in [3.63, 3.8) is 0 Å². The molecule has 0 radical (unpaired) electrons. The molecule has 1 rings (SSSR count). The molecule has 0 aromatic carbocycles. The first kappa shape index (κ1) is 13.3. The molecule has 1 amide bonds. The van der Waals surface area contributed by atoms with Crippen molar-refractivity contribution in [2.75, 3.05) is 24.7 Å². The lowest BCUT2D eigenvalue weighted by Gasteiger charge is -2.26. The second-order valence-electron chi connectivity index (χ2n) is 3.61. The molecule has 1 aliphatic rings. The third-order valence-electron chi connectivity index (χ3n) is 2.46. The summed E-state index contributed by atoms with van der Waals surface area (Å²) in [6.07, 6.45) is -3.02. The van der Waals surface area contributed by atoms with Gasteiger partial charge in [0.15, 0.2) is 9.84 Å². The maximum atomic E-state index is 12.2. The van der Waals surface area contributed by atoms with Gasteiger partial charge >= 0.3 is 6.43 Å².